The van der Waals surface area contributed by atoms with E-state index in [9.17, 15) is 4.79 Å². The summed E-state index contributed by atoms with van der Waals surface area (Å²) in [5, 5.41) is 14.5. The minimum Gasteiger partial charge on any atom is -0.364 e. The molecular formula is C18H25N7O. The Hall–Kier alpha value is -2.74. The van der Waals surface area contributed by atoms with E-state index in [4.69, 9.17) is 11.5 Å². The summed E-state index contributed by atoms with van der Waals surface area (Å²) in [6, 6.07) is 5.76. The highest BCUT2D eigenvalue weighted by Gasteiger charge is 2.23. The van der Waals surface area contributed by atoms with Gasteiger partial charge in [0.2, 0.25) is 0 Å². The van der Waals surface area contributed by atoms with Crippen LogP contribution < -0.4 is 22.1 Å². The Bertz CT molecular complexity index is 808. The van der Waals surface area contributed by atoms with Crippen LogP contribution in [0.2, 0.25) is 0 Å². The van der Waals surface area contributed by atoms with E-state index in [0.717, 1.165) is 36.9 Å². The molecule has 0 spiro atoms. The van der Waals surface area contributed by atoms with Gasteiger partial charge in [0.15, 0.2) is 11.5 Å². The normalized spacial score (nSPS) is 19.8. The third-order valence-corrected chi connectivity index (χ3v) is 4.79. The number of amides is 1. The number of rotatable bonds is 5. The number of nitrogens with two attached hydrogens (primary N) is 2. The van der Waals surface area contributed by atoms with Gasteiger partial charge in [0, 0.05) is 23.8 Å². The van der Waals surface area contributed by atoms with Crippen molar-refractivity contribution in [1.29, 1.82) is 0 Å². The van der Waals surface area contributed by atoms with Crippen molar-refractivity contribution in [2.75, 3.05) is 10.6 Å². The molecule has 1 saturated carbocycles. The number of carbonyl (C=O) groups excluding carboxylic acids is 1. The molecule has 8 nitrogen and oxygen atoms in total. The number of nitrogens with one attached hydrogen (secondary N) is 2. The topological polar surface area (TPSA) is 132 Å². The molecule has 0 aliphatic heterocycles. The molecule has 1 aliphatic carbocycles. The molecule has 0 aromatic carbocycles. The number of nitrogens with zero attached hydrogens (tertiary/aromatic N) is 3. The first kappa shape index (κ1) is 18.1. The van der Waals surface area contributed by atoms with Gasteiger partial charge in [0.1, 0.15) is 5.82 Å². The second kappa shape index (κ2) is 7.65. The van der Waals surface area contributed by atoms with Crippen molar-refractivity contribution in [1.82, 2.24) is 15.2 Å². The minimum atomic E-state index is -0.648. The summed E-state index contributed by atoms with van der Waals surface area (Å²) in [4.78, 5) is 16.2. The van der Waals surface area contributed by atoms with Crippen LogP contribution in [0.5, 0.6) is 0 Å². The number of carbonyl (C=O) groups is 1. The van der Waals surface area contributed by atoms with Crippen LogP contribution in [0.25, 0.3) is 0 Å². The van der Waals surface area contributed by atoms with Crippen LogP contribution >= 0.6 is 0 Å². The average molecular weight is 355 g/mol. The number of pyridine rings is 1. The summed E-state index contributed by atoms with van der Waals surface area (Å²) in [7, 11) is 0. The fourth-order valence-corrected chi connectivity index (χ4v) is 3.11. The lowest BCUT2D eigenvalue weighted by atomic mass is 9.91. The zero-order valence-electron chi connectivity index (χ0n) is 15.1. The molecule has 8 heteroatoms. The highest BCUT2D eigenvalue weighted by molar-refractivity contribution is 5.97. The molecule has 26 heavy (non-hydrogen) atoms. The molecule has 0 saturated heterocycles. The zero-order valence-corrected chi connectivity index (χ0v) is 15.1. The smallest absolute Gasteiger partial charge is 0.271 e. The number of hydrogen-bond acceptors (Lipinski definition) is 7. The first-order chi connectivity index (χ1) is 12.4. The van der Waals surface area contributed by atoms with E-state index in [-0.39, 0.29) is 17.8 Å². The monoisotopic (exact) mass is 355 g/mol. The molecule has 1 aliphatic rings. The molecule has 2 heterocycles. The zero-order chi connectivity index (χ0) is 18.7. The summed E-state index contributed by atoms with van der Waals surface area (Å²) in [5.74, 6) is 0.525. The highest BCUT2D eigenvalue weighted by atomic mass is 16.1. The Labute approximate surface area is 152 Å². The SMILES string of the molecule is Cc1ccc(Nc2cc(NC3CCCCC3N)nnc2C(N)=O)nc1C. The lowest BCUT2D eigenvalue weighted by Crippen LogP contribution is -2.42. The van der Waals surface area contributed by atoms with Crippen molar-refractivity contribution >= 4 is 23.2 Å². The van der Waals surface area contributed by atoms with Gasteiger partial charge in [-0.05, 0) is 38.3 Å². The molecule has 0 radical (unpaired) electrons. The molecule has 1 fully saturated rings. The molecular weight excluding hydrogens is 330 g/mol. The number of aryl methyl sites for hydroxylation is 2. The maximum absolute atomic E-state index is 11.7. The number of primary amides is 1. The average Bonchev–Trinajstić information content (AvgIpc) is 2.60. The summed E-state index contributed by atoms with van der Waals surface area (Å²) in [6.07, 6.45) is 4.26. The Morgan fingerprint density at radius 1 is 1.15 bits per heavy atom. The third-order valence-electron chi connectivity index (χ3n) is 4.79. The van der Waals surface area contributed by atoms with E-state index in [1.165, 1.54) is 0 Å². The van der Waals surface area contributed by atoms with Crippen LogP contribution in [-0.4, -0.2) is 33.2 Å². The molecule has 3 rings (SSSR count). The Kier molecular flexibility index (Phi) is 5.32. The van der Waals surface area contributed by atoms with Crippen LogP contribution in [0.3, 0.4) is 0 Å². The van der Waals surface area contributed by atoms with Gasteiger partial charge in [-0.2, -0.15) is 0 Å². The third kappa shape index (κ3) is 4.08. The molecule has 2 unspecified atom stereocenters. The van der Waals surface area contributed by atoms with E-state index < -0.39 is 5.91 Å². The standard InChI is InChI=1S/C18H25N7O/c1-10-7-8-15(21-11(10)2)23-14-9-16(24-25-17(14)18(20)26)22-13-6-4-3-5-12(13)19/h7-9,12-13H,3-6,19H2,1-2H3,(H2,20,26)(H2,21,22,23,24). The van der Waals surface area contributed by atoms with Crippen LogP contribution in [0, 0.1) is 13.8 Å². The second-order valence-electron chi connectivity index (χ2n) is 6.78. The summed E-state index contributed by atoms with van der Waals surface area (Å²) < 4.78 is 0. The van der Waals surface area contributed by atoms with E-state index in [1.807, 2.05) is 26.0 Å². The van der Waals surface area contributed by atoms with Gasteiger partial charge in [-0.3, -0.25) is 4.79 Å². The van der Waals surface area contributed by atoms with Crippen LogP contribution in [0.1, 0.15) is 47.4 Å². The molecule has 1 amide bonds. The molecule has 2 atom stereocenters. The summed E-state index contributed by atoms with van der Waals surface area (Å²) >= 11 is 0. The molecule has 2 aromatic heterocycles. The Morgan fingerprint density at radius 3 is 2.62 bits per heavy atom. The van der Waals surface area contributed by atoms with Gasteiger partial charge in [0.05, 0.1) is 5.69 Å². The first-order valence-electron chi connectivity index (χ1n) is 8.85. The summed E-state index contributed by atoms with van der Waals surface area (Å²) in [5.41, 5.74) is 14.2. The van der Waals surface area contributed by atoms with Crippen LogP contribution in [0.15, 0.2) is 18.2 Å². The molecule has 0 bridgehead atoms. The van der Waals surface area contributed by atoms with Gasteiger partial charge < -0.3 is 22.1 Å². The van der Waals surface area contributed by atoms with Crippen LogP contribution in [0.4, 0.5) is 17.3 Å². The fraction of sp³-hybridized carbons (Fsp3) is 0.444. The van der Waals surface area contributed by atoms with Crippen molar-refractivity contribution in [3.8, 4) is 0 Å². The lowest BCUT2D eigenvalue weighted by molar-refractivity contribution is 0.0995. The maximum Gasteiger partial charge on any atom is 0.271 e. The summed E-state index contributed by atoms with van der Waals surface area (Å²) in [6.45, 7) is 3.92. The predicted molar refractivity (Wildman–Crippen MR) is 101 cm³/mol. The Morgan fingerprint density at radius 2 is 1.92 bits per heavy atom. The molecule has 138 valence electrons. The van der Waals surface area contributed by atoms with E-state index >= 15 is 0 Å². The second-order valence-corrected chi connectivity index (χ2v) is 6.78. The fourth-order valence-electron chi connectivity index (χ4n) is 3.11. The predicted octanol–water partition coefficient (Wildman–Crippen LogP) is 2.01. The van der Waals surface area contributed by atoms with Gasteiger partial charge in [0.25, 0.3) is 5.91 Å². The number of hydrogen-bond donors (Lipinski definition) is 4. The number of aromatic nitrogens is 3. The van der Waals surface area contributed by atoms with Crippen molar-refractivity contribution in [3.63, 3.8) is 0 Å². The lowest BCUT2D eigenvalue weighted by Gasteiger charge is -2.29. The quantitative estimate of drug-likeness (QED) is 0.645. The van der Waals surface area contributed by atoms with Crippen molar-refractivity contribution in [2.24, 2.45) is 11.5 Å². The molecule has 2 aromatic rings. The van der Waals surface area contributed by atoms with E-state index in [1.54, 1.807) is 6.07 Å². The van der Waals surface area contributed by atoms with Crippen molar-refractivity contribution < 1.29 is 4.79 Å². The van der Waals surface area contributed by atoms with E-state index in [0.29, 0.717) is 17.3 Å². The van der Waals surface area contributed by atoms with Gasteiger partial charge in [-0.1, -0.05) is 18.9 Å². The largest absolute Gasteiger partial charge is 0.364 e. The van der Waals surface area contributed by atoms with Gasteiger partial charge in [-0.15, -0.1) is 10.2 Å². The van der Waals surface area contributed by atoms with Gasteiger partial charge >= 0.3 is 0 Å². The highest BCUT2D eigenvalue weighted by Crippen LogP contribution is 2.24. The molecule has 6 N–H and O–H groups in total. The van der Waals surface area contributed by atoms with Gasteiger partial charge in [-0.25, -0.2) is 4.98 Å². The van der Waals surface area contributed by atoms with Crippen molar-refractivity contribution in [3.05, 3.63) is 35.2 Å². The number of anilines is 3. The van der Waals surface area contributed by atoms with Crippen LogP contribution in [-0.2, 0) is 0 Å². The maximum atomic E-state index is 11.7. The first-order valence-corrected chi connectivity index (χ1v) is 8.85. The van der Waals surface area contributed by atoms with Crippen molar-refractivity contribution in [2.45, 2.75) is 51.6 Å². The van der Waals surface area contributed by atoms with E-state index in [2.05, 4.69) is 25.8 Å². The Balaban J connectivity index is 1.86. The minimum absolute atomic E-state index is 0.0727.